The zero-order chi connectivity index (χ0) is 17.2. The van der Waals surface area contributed by atoms with Crippen molar-refractivity contribution in [1.29, 1.82) is 0 Å². The van der Waals surface area contributed by atoms with Crippen LogP contribution in [0.5, 0.6) is 11.5 Å². The molecule has 1 aromatic heterocycles. The quantitative estimate of drug-likeness (QED) is 0.901. The summed E-state index contributed by atoms with van der Waals surface area (Å²) in [6.07, 6.45) is 5.79. The average Bonchev–Trinajstić information content (AvgIpc) is 2.84. The van der Waals surface area contributed by atoms with Crippen molar-refractivity contribution in [1.82, 2.24) is 9.78 Å². The molecule has 4 rings (SSSR count). The Kier molecular flexibility index (Phi) is 4.55. The van der Waals surface area contributed by atoms with E-state index in [-0.39, 0.29) is 0 Å². The number of nitrogens with one attached hydrogen (secondary N) is 1. The van der Waals surface area contributed by atoms with Gasteiger partial charge < -0.3 is 14.8 Å². The highest BCUT2D eigenvalue weighted by atomic mass is 16.6. The second-order valence-corrected chi connectivity index (χ2v) is 6.85. The minimum atomic E-state index is 0.520. The Hall–Kier alpha value is -2.17. The molecule has 0 radical (unpaired) electrons. The van der Waals surface area contributed by atoms with Gasteiger partial charge in [-0.15, -0.1) is 0 Å². The van der Waals surface area contributed by atoms with Gasteiger partial charge in [0.15, 0.2) is 11.5 Å². The number of fused-ring (bicyclic) bond motifs is 2. The van der Waals surface area contributed by atoms with Gasteiger partial charge in [0.2, 0.25) is 0 Å². The fourth-order valence-electron chi connectivity index (χ4n) is 3.88. The maximum atomic E-state index is 5.76. The van der Waals surface area contributed by atoms with E-state index < -0.39 is 0 Å². The van der Waals surface area contributed by atoms with Gasteiger partial charge in [-0.3, -0.25) is 0 Å². The van der Waals surface area contributed by atoms with Crippen LogP contribution in [0.1, 0.15) is 56.7 Å². The van der Waals surface area contributed by atoms with Gasteiger partial charge in [0, 0.05) is 24.1 Å². The topological polar surface area (TPSA) is 48.3 Å². The lowest BCUT2D eigenvalue weighted by atomic mass is 9.94. The van der Waals surface area contributed by atoms with E-state index in [9.17, 15) is 0 Å². The molecule has 5 heteroatoms. The van der Waals surface area contributed by atoms with E-state index >= 15 is 0 Å². The minimum absolute atomic E-state index is 0.520. The van der Waals surface area contributed by atoms with Gasteiger partial charge in [0.05, 0.1) is 11.4 Å². The molecule has 3 heterocycles. The molecule has 0 unspecified atom stereocenters. The van der Waals surface area contributed by atoms with Crippen molar-refractivity contribution in [3.05, 3.63) is 29.5 Å². The van der Waals surface area contributed by atoms with Crippen molar-refractivity contribution in [2.75, 3.05) is 25.1 Å². The predicted octanol–water partition coefficient (Wildman–Crippen LogP) is 4.30. The summed E-state index contributed by atoms with van der Waals surface area (Å²) in [6.45, 7) is 6.74. The van der Waals surface area contributed by atoms with Gasteiger partial charge in [-0.05, 0) is 44.2 Å². The third kappa shape index (κ3) is 2.96. The Morgan fingerprint density at radius 3 is 2.72 bits per heavy atom. The SMILES string of the molecule is CCC(CC)c1nn(-c2ccc3c(c2)OCCO3)c2c1CCCCN2. The third-order valence-corrected chi connectivity index (χ3v) is 5.30. The fraction of sp³-hybridized carbons (Fsp3) is 0.550. The number of ether oxygens (including phenoxy) is 2. The Labute approximate surface area is 149 Å². The zero-order valence-corrected chi connectivity index (χ0v) is 15.2. The first kappa shape index (κ1) is 16.3. The molecule has 0 amide bonds. The molecule has 0 saturated carbocycles. The molecular formula is C20H27N3O2. The molecule has 0 fully saturated rings. The average molecular weight is 341 g/mol. The molecule has 25 heavy (non-hydrogen) atoms. The van der Waals surface area contributed by atoms with Crippen LogP contribution in [0.25, 0.3) is 5.69 Å². The van der Waals surface area contributed by atoms with Crippen LogP contribution in [0.15, 0.2) is 18.2 Å². The summed E-state index contributed by atoms with van der Waals surface area (Å²) in [7, 11) is 0. The molecular weight excluding hydrogens is 314 g/mol. The summed E-state index contributed by atoms with van der Waals surface area (Å²) in [5.74, 6) is 3.32. The van der Waals surface area contributed by atoms with Gasteiger partial charge in [-0.1, -0.05) is 13.8 Å². The summed E-state index contributed by atoms with van der Waals surface area (Å²) < 4.78 is 13.5. The molecule has 0 spiro atoms. The summed E-state index contributed by atoms with van der Waals surface area (Å²) in [5.41, 5.74) is 3.71. The molecule has 1 N–H and O–H groups in total. The van der Waals surface area contributed by atoms with Crippen LogP contribution in [-0.4, -0.2) is 29.5 Å². The van der Waals surface area contributed by atoms with Crippen LogP contribution < -0.4 is 14.8 Å². The number of benzene rings is 1. The maximum Gasteiger partial charge on any atom is 0.163 e. The van der Waals surface area contributed by atoms with Gasteiger partial charge in [-0.25, -0.2) is 4.68 Å². The van der Waals surface area contributed by atoms with Crippen molar-refractivity contribution >= 4 is 5.82 Å². The molecule has 0 aliphatic carbocycles. The van der Waals surface area contributed by atoms with Crippen LogP contribution >= 0.6 is 0 Å². The molecule has 5 nitrogen and oxygen atoms in total. The summed E-state index contributed by atoms with van der Waals surface area (Å²) in [6, 6.07) is 6.11. The lowest BCUT2D eigenvalue weighted by molar-refractivity contribution is 0.171. The van der Waals surface area contributed by atoms with E-state index in [0.29, 0.717) is 19.1 Å². The van der Waals surface area contributed by atoms with E-state index in [1.54, 1.807) is 0 Å². The highest BCUT2D eigenvalue weighted by molar-refractivity contribution is 5.58. The minimum Gasteiger partial charge on any atom is -0.486 e. The van der Waals surface area contributed by atoms with Gasteiger partial charge in [0.1, 0.15) is 19.0 Å². The normalized spacial score (nSPS) is 16.3. The standard InChI is InChI=1S/C20H27N3O2/c1-3-14(4-2)19-16-7-5-6-10-21-20(16)23(22-19)15-8-9-17-18(13-15)25-12-11-24-17/h8-9,13-14,21H,3-7,10-12H2,1-2H3. The lowest BCUT2D eigenvalue weighted by Gasteiger charge is -2.19. The molecule has 2 aromatic rings. The molecule has 2 aliphatic heterocycles. The number of nitrogens with zero attached hydrogens (tertiary/aromatic N) is 2. The second-order valence-electron chi connectivity index (χ2n) is 6.85. The number of rotatable bonds is 4. The highest BCUT2D eigenvalue weighted by Gasteiger charge is 2.25. The van der Waals surface area contributed by atoms with Crippen molar-refractivity contribution < 1.29 is 9.47 Å². The Balaban J connectivity index is 1.81. The van der Waals surface area contributed by atoms with Crippen LogP contribution in [-0.2, 0) is 6.42 Å². The third-order valence-electron chi connectivity index (χ3n) is 5.30. The van der Waals surface area contributed by atoms with Gasteiger partial charge in [0.25, 0.3) is 0 Å². The van der Waals surface area contributed by atoms with Crippen molar-refractivity contribution in [3.63, 3.8) is 0 Å². The van der Waals surface area contributed by atoms with Gasteiger partial charge >= 0.3 is 0 Å². The number of hydrogen-bond acceptors (Lipinski definition) is 4. The first-order valence-electron chi connectivity index (χ1n) is 9.57. The Morgan fingerprint density at radius 2 is 1.92 bits per heavy atom. The molecule has 2 aliphatic rings. The zero-order valence-electron chi connectivity index (χ0n) is 15.2. The first-order chi connectivity index (χ1) is 12.3. The molecule has 134 valence electrons. The number of aromatic nitrogens is 2. The van der Waals surface area contributed by atoms with Crippen molar-refractivity contribution in [3.8, 4) is 17.2 Å². The van der Waals surface area contributed by atoms with Crippen LogP contribution in [0.4, 0.5) is 5.82 Å². The van der Waals surface area contributed by atoms with Crippen LogP contribution in [0.2, 0.25) is 0 Å². The second kappa shape index (κ2) is 6.98. The molecule has 0 atom stereocenters. The Bertz CT molecular complexity index is 750. The first-order valence-corrected chi connectivity index (χ1v) is 9.57. The van der Waals surface area contributed by atoms with Gasteiger partial charge in [-0.2, -0.15) is 5.10 Å². The molecule has 0 saturated heterocycles. The van der Waals surface area contributed by atoms with Crippen LogP contribution in [0.3, 0.4) is 0 Å². The number of hydrogen-bond donors (Lipinski definition) is 1. The maximum absolute atomic E-state index is 5.76. The van der Waals surface area contributed by atoms with E-state index in [4.69, 9.17) is 14.6 Å². The van der Waals surface area contributed by atoms with E-state index in [0.717, 1.165) is 48.8 Å². The molecule has 1 aromatic carbocycles. The monoisotopic (exact) mass is 341 g/mol. The van der Waals surface area contributed by atoms with Crippen molar-refractivity contribution in [2.24, 2.45) is 0 Å². The Morgan fingerprint density at radius 1 is 1.12 bits per heavy atom. The van der Waals surface area contributed by atoms with E-state index in [2.05, 4.69) is 29.9 Å². The smallest absolute Gasteiger partial charge is 0.163 e. The highest BCUT2D eigenvalue weighted by Crippen LogP contribution is 2.37. The predicted molar refractivity (Wildman–Crippen MR) is 99.3 cm³/mol. The summed E-state index contributed by atoms with van der Waals surface area (Å²) in [5, 5.41) is 8.68. The summed E-state index contributed by atoms with van der Waals surface area (Å²) >= 11 is 0. The van der Waals surface area contributed by atoms with Crippen molar-refractivity contribution in [2.45, 2.75) is 51.9 Å². The van der Waals surface area contributed by atoms with Crippen LogP contribution in [0, 0.1) is 0 Å². The molecule has 0 bridgehead atoms. The fourth-order valence-corrected chi connectivity index (χ4v) is 3.88. The lowest BCUT2D eigenvalue weighted by Crippen LogP contribution is -2.15. The summed E-state index contributed by atoms with van der Waals surface area (Å²) in [4.78, 5) is 0. The largest absolute Gasteiger partial charge is 0.486 e. The van der Waals surface area contributed by atoms with E-state index in [1.165, 1.54) is 24.1 Å². The number of anilines is 1. The van der Waals surface area contributed by atoms with E-state index in [1.807, 2.05) is 12.1 Å².